The van der Waals surface area contributed by atoms with E-state index in [0.717, 1.165) is 20.9 Å². The van der Waals surface area contributed by atoms with Crippen LogP contribution in [0.25, 0.3) is 10.9 Å². The molecule has 0 saturated carbocycles. The lowest BCUT2D eigenvalue weighted by Crippen LogP contribution is -2.16. The molecule has 1 aromatic carbocycles. The second-order valence-corrected chi connectivity index (χ2v) is 4.85. The molecule has 1 atom stereocenters. The van der Waals surface area contributed by atoms with Crippen LogP contribution in [-0.2, 0) is 7.05 Å². The summed E-state index contributed by atoms with van der Waals surface area (Å²) in [6, 6.07) is 6.09. The second-order valence-electron chi connectivity index (χ2n) is 3.93. The number of hydrogen-bond acceptors (Lipinski definition) is 2. The molecule has 0 bridgehead atoms. The van der Waals surface area contributed by atoms with E-state index in [4.69, 9.17) is 0 Å². The molecule has 0 aliphatic carbocycles. The number of nitrogens with zero attached hydrogens (tertiary/aromatic N) is 1. The van der Waals surface area contributed by atoms with E-state index >= 15 is 0 Å². The zero-order valence-corrected chi connectivity index (χ0v) is 11.0. The Labute approximate surface area is 103 Å². The highest BCUT2D eigenvalue weighted by molar-refractivity contribution is 9.10. The first kappa shape index (κ1) is 11.6. The van der Waals surface area contributed by atoms with Gasteiger partial charge in [0.2, 0.25) is 0 Å². The number of benzene rings is 1. The van der Waals surface area contributed by atoms with Crippen LogP contribution >= 0.6 is 15.9 Å². The predicted molar refractivity (Wildman–Crippen MR) is 69.5 cm³/mol. The summed E-state index contributed by atoms with van der Waals surface area (Å²) in [6.45, 7) is 0.565. The Morgan fingerprint density at radius 2 is 2.25 bits per heavy atom. The zero-order chi connectivity index (χ0) is 11.7. The van der Waals surface area contributed by atoms with E-state index in [9.17, 15) is 5.11 Å². The van der Waals surface area contributed by atoms with Gasteiger partial charge in [-0.2, -0.15) is 0 Å². The maximum Gasteiger partial charge on any atom is 0.0934 e. The number of hydrogen-bond donors (Lipinski definition) is 2. The van der Waals surface area contributed by atoms with Crippen molar-refractivity contribution in [1.82, 2.24) is 9.88 Å². The van der Waals surface area contributed by atoms with E-state index in [1.54, 1.807) is 0 Å². The van der Waals surface area contributed by atoms with Gasteiger partial charge in [0.1, 0.15) is 0 Å². The number of nitrogens with one attached hydrogen (secondary N) is 1. The number of rotatable bonds is 3. The van der Waals surface area contributed by atoms with Gasteiger partial charge in [-0.3, -0.25) is 0 Å². The highest BCUT2D eigenvalue weighted by Gasteiger charge is 2.13. The molecule has 0 amide bonds. The summed E-state index contributed by atoms with van der Waals surface area (Å²) in [7, 11) is 3.83. The van der Waals surface area contributed by atoms with E-state index in [0.29, 0.717) is 6.54 Å². The summed E-state index contributed by atoms with van der Waals surface area (Å²) in [5.74, 6) is 0. The average molecular weight is 283 g/mol. The lowest BCUT2D eigenvalue weighted by Gasteiger charge is -2.08. The highest BCUT2D eigenvalue weighted by Crippen LogP contribution is 2.28. The highest BCUT2D eigenvalue weighted by atomic mass is 79.9. The number of aliphatic hydroxyl groups excluding tert-OH is 1. The largest absolute Gasteiger partial charge is 0.387 e. The Kier molecular flexibility index (Phi) is 3.33. The second kappa shape index (κ2) is 4.57. The SMILES string of the molecule is CNCC(O)c1cn(C)c2cc(Br)ccc12. The van der Waals surface area contributed by atoms with Crippen molar-refractivity contribution in [2.45, 2.75) is 6.10 Å². The van der Waals surface area contributed by atoms with Gasteiger partial charge < -0.3 is 15.0 Å². The number of aryl methyl sites for hydroxylation is 1. The average Bonchev–Trinajstić information content (AvgIpc) is 2.56. The zero-order valence-electron chi connectivity index (χ0n) is 9.37. The monoisotopic (exact) mass is 282 g/mol. The van der Waals surface area contributed by atoms with Gasteiger partial charge in [-0.25, -0.2) is 0 Å². The summed E-state index contributed by atoms with van der Waals surface area (Å²) in [5, 5.41) is 14.1. The fourth-order valence-electron chi connectivity index (χ4n) is 1.96. The topological polar surface area (TPSA) is 37.2 Å². The first-order chi connectivity index (χ1) is 7.63. The van der Waals surface area contributed by atoms with Crippen molar-refractivity contribution in [3.63, 3.8) is 0 Å². The van der Waals surface area contributed by atoms with Gasteiger partial charge in [-0.15, -0.1) is 0 Å². The molecule has 0 saturated heterocycles. The van der Waals surface area contributed by atoms with Crippen molar-refractivity contribution in [2.24, 2.45) is 7.05 Å². The van der Waals surface area contributed by atoms with Crippen LogP contribution in [0.3, 0.4) is 0 Å². The van der Waals surface area contributed by atoms with Gasteiger partial charge in [0.15, 0.2) is 0 Å². The van der Waals surface area contributed by atoms with E-state index in [2.05, 4.69) is 27.3 Å². The van der Waals surface area contributed by atoms with E-state index < -0.39 is 6.10 Å². The van der Waals surface area contributed by atoms with Crippen molar-refractivity contribution >= 4 is 26.8 Å². The van der Waals surface area contributed by atoms with Gasteiger partial charge in [0, 0.05) is 40.7 Å². The Bertz CT molecular complexity index is 507. The van der Waals surface area contributed by atoms with Gasteiger partial charge in [0.05, 0.1) is 6.10 Å². The van der Waals surface area contributed by atoms with Gasteiger partial charge in [-0.05, 0) is 19.2 Å². The first-order valence-electron chi connectivity index (χ1n) is 5.20. The van der Waals surface area contributed by atoms with E-state index in [1.807, 2.05) is 37.0 Å². The molecule has 0 aliphatic heterocycles. The Hall–Kier alpha value is -0.840. The van der Waals surface area contributed by atoms with Crippen LogP contribution in [0.1, 0.15) is 11.7 Å². The van der Waals surface area contributed by atoms with Crippen molar-refractivity contribution in [2.75, 3.05) is 13.6 Å². The maximum atomic E-state index is 10.0. The molecule has 2 aromatic rings. The third-order valence-corrected chi connectivity index (χ3v) is 3.23. The van der Waals surface area contributed by atoms with Crippen LogP contribution in [0.4, 0.5) is 0 Å². The summed E-state index contributed by atoms with van der Waals surface area (Å²) < 4.78 is 3.09. The molecule has 3 nitrogen and oxygen atoms in total. The van der Waals surface area contributed by atoms with Gasteiger partial charge in [0.25, 0.3) is 0 Å². The molecule has 0 radical (unpaired) electrons. The third kappa shape index (κ3) is 2.00. The molecule has 0 fully saturated rings. The van der Waals surface area contributed by atoms with Crippen LogP contribution in [0.5, 0.6) is 0 Å². The molecule has 1 heterocycles. The Morgan fingerprint density at radius 1 is 1.50 bits per heavy atom. The lowest BCUT2D eigenvalue weighted by atomic mass is 10.1. The smallest absolute Gasteiger partial charge is 0.0934 e. The van der Waals surface area contributed by atoms with Crippen LogP contribution < -0.4 is 5.32 Å². The predicted octanol–water partition coefficient (Wildman–Crippen LogP) is 2.19. The molecule has 1 unspecified atom stereocenters. The molecule has 0 spiro atoms. The van der Waals surface area contributed by atoms with E-state index in [1.165, 1.54) is 0 Å². The molecule has 1 aromatic heterocycles. The molecular formula is C12H15BrN2O. The number of fused-ring (bicyclic) bond motifs is 1. The van der Waals surface area contributed by atoms with Crippen LogP contribution in [0, 0.1) is 0 Å². The summed E-state index contributed by atoms with van der Waals surface area (Å²) in [5.41, 5.74) is 2.10. The summed E-state index contributed by atoms with van der Waals surface area (Å²) in [4.78, 5) is 0. The molecule has 4 heteroatoms. The number of halogens is 1. The fourth-order valence-corrected chi connectivity index (χ4v) is 2.31. The van der Waals surface area contributed by atoms with Gasteiger partial charge in [-0.1, -0.05) is 22.0 Å². The van der Waals surface area contributed by atoms with Crippen LogP contribution in [-0.4, -0.2) is 23.3 Å². The molecule has 2 rings (SSSR count). The Balaban J connectivity index is 2.55. The number of aliphatic hydroxyl groups is 1. The Morgan fingerprint density at radius 3 is 2.94 bits per heavy atom. The van der Waals surface area contributed by atoms with Crippen LogP contribution in [0.15, 0.2) is 28.9 Å². The minimum absolute atomic E-state index is 0.463. The molecular weight excluding hydrogens is 268 g/mol. The minimum atomic E-state index is -0.463. The lowest BCUT2D eigenvalue weighted by molar-refractivity contribution is 0.179. The maximum absolute atomic E-state index is 10.0. The van der Waals surface area contributed by atoms with Crippen molar-refractivity contribution < 1.29 is 5.11 Å². The van der Waals surface area contributed by atoms with Crippen molar-refractivity contribution in [3.05, 3.63) is 34.4 Å². The fraction of sp³-hybridized carbons (Fsp3) is 0.333. The van der Waals surface area contributed by atoms with Crippen molar-refractivity contribution in [3.8, 4) is 0 Å². The number of likely N-dealkylation sites (N-methyl/N-ethyl adjacent to an activating group) is 1. The van der Waals surface area contributed by atoms with Gasteiger partial charge >= 0.3 is 0 Å². The molecule has 86 valence electrons. The molecule has 0 aliphatic rings. The van der Waals surface area contributed by atoms with E-state index in [-0.39, 0.29) is 0 Å². The first-order valence-corrected chi connectivity index (χ1v) is 6.00. The third-order valence-electron chi connectivity index (χ3n) is 2.74. The minimum Gasteiger partial charge on any atom is -0.387 e. The molecule has 2 N–H and O–H groups in total. The number of aromatic nitrogens is 1. The summed E-state index contributed by atoms with van der Waals surface area (Å²) in [6.07, 6.45) is 1.52. The normalized spacial score (nSPS) is 13.2. The summed E-state index contributed by atoms with van der Waals surface area (Å²) >= 11 is 3.46. The molecule has 16 heavy (non-hydrogen) atoms. The quantitative estimate of drug-likeness (QED) is 0.906. The van der Waals surface area contributed by atoms with Crippen molar-refractivity contribution in [1.29, 1.82) is 0 Å². The van der Waals surface area contributed by atoms with Crippen LogP contribution in [0.2, 0.25) is 0 Å². The standard InChI is InChI=1S/C12H15BrN2O/c1-14-6-12(16)10-7-15(2)11-5-8(13)3-4-9(10)11/h3-5,7,12,14,16H,6H2,1-2H3.